The molecule has 292 valence electrons. The highest BCUT2D eigenvalue weighted by Gasteiger charge is 2.30. The number of benzene rings is 2. The topological polar surface area (TPSA) is 130 Å². The lowest BCUT2D eigenvalue weighted by Gasteiger charge is -2.36. The number of nitrogens with zero attached hydrogens (tertiary/aromatic N) is 7. The van der Waals surface area contributed by atoms with Crippen LogP contribution in [0.15, 0.2) is 60.9 Å². The van der Waals surface area contributed by atoms with Gasteiger partial charge in [0.05, 0.1) is 12.2 Å². The molecule has 7 rings (SSSR count). The molecule has 2 aromatic carbocycles. The molecule has 3 saturated heterocycles. The molecule has 3 aliphatic heterocycles. The van der Waals surface area contributed by atoms with E-state index in [0.29, 0.717) is 54.9 Å². The Morgan fingerprint density at radius 2 is 1.78 bits per heavy atom. The molecule has 0 saturated carbocycles. The molecule has 0 spiro atoms. The van der Waals surface area contributed by atoms with Crippen molar-refractivity contribution in [2.75, 3.05) is 81.1 Å². The van der Waals surface area contributed by atoms with Crippen LogP contribution in [0.5, 0.6) is 0 Å². The highest BCUT2D eigenvalue weighted by Crippen LogP contribution is 2.37. The number of piperidine rings is 1. The number of piperazine rings is 1. The van der Waals surface area contributed by atoms with Crippen LogP contribution in [-0.2, 0) is 9.59 Å². The predicted molar refractivity (Wildman–Crippen MR) is 207 cm³/mol. The molecule has 0 aliphatic carbocycles. The molecule has 15 heteroatoms. The Hall–Kier alpha value is -5.15. The first kappa shape index (κ1) is 38.1. The molecule has 4 aromatic rings. The first-order chi connectivity index (χ1) is 26.7. The van der Waals surface area contributed by atoms with Crippen LogP contribution in [0.4, 0.5) is 26.0 Å². The van der Waals surface area contributed by atoms with E-state index >= 15 is 0 Å². The lowest BCUT2D eigenvalue weighted by atomic mass is 10.0. The number of imide groups is 1. The minimum atomic E-state index is -0.472. The molecular weight excluding hydrogens is 707 g/mol. The molecule has 3 fully saturated rings. The number of carbonyl (C=O) groups excluding carboxylic acids is 3. The lowest BCUT2D eigenvalue weighted by molar-refractivity contribution is -0.133. The van der Waals surface area contributed by atoms with Crippen LogP contribution >= 0.6 is 0 Å². The molecule has 2 unspecified atom stereocenters. The zero-order chi connectivity index (χ0) is 38.3. The average Bonchev–Trinajstić information content (AvgIpc) is 3.86. The average molecular weight is 757 g/mol. The van der Waals surface area contributed by atoms with Gasteiger partial charge in [0.1, 0.15) is 29.1 Å². The van der Waals surface area contributed by atoms with Crippen molar-refractivity contribution in [3.63, 3.8) is 0 Å². The van der Waals surface area contributed by atoms with Crippen LogP contribution in [-0.4, -0.2) is 114 Å². The quantitative estimate of drug-likeness (QED) is 0.120. The van der Waals surface area contributed by atoms with Gasteiger partial charge in [0.15, 0.2) is 5.65 Å². The van der Waals surface area contributed by atoms with Gasteiger partial charge in [-0.15, -0.1) is 0 Å². The third-order valence-electron chi connectivity index (χ3n) is 10.9. The zero-order valence-corrected chi connectivity index (χ0v) is 31.4. The summed E-state index contributed by atoms with van der Waals surface area (Å²) in [5, 5.41) is 13.0. The summed E-state index contributed by atoms with van der Waals surface area (Å²) in [6.45, 7) is 8.12. The van der Waals surface area contributed by atoms with Crippen molar-refractivity contribution in [3.05, 3.63) is 83.7 Å². The number of hydrogen-bond acceptors (Lipinski definition) is 10. The maximum absolute atomic E-state index is 14.6. The summed E-state index contributed by atoms with van der Waals surface area (Å²) in [5.74, 6) is -1.02. The molecule has 0 bridgehead atoms. The molecule has 3 N–H and O–H groups in total. The van der Waals surface area contributed by atoms with E-state index in [1.165, 1.54) is 18.0 Å². The van der Waals surface area contributed by atoms with Crippen molar-refractivity contribution in [1.82, 2.24) is 35.0 Å². The van der Waals surface area contributed by atoms with Crippen LogP contribution in [0, 0.1) is 11.6 Å². The van der Waals surface area contributed by atoms with E-state index in [9.17, 15) is 23.2 Å². The number of rotatable bonds is 15. The summed E-state index contributed by atoms with van der Waals surface area (Å²) in [5.41, 5.74) is 3.17. The van der Waals surface area contributed by atoms with Gasteiger partial charge in [-0.05, 0) is 94.2 Å². The number of fused-ring (bicyclic) bond motifs is 1. The summed E-state index contributed by atoms with van der Waals surface area (Å²) < 4.78 is 30.2. The van der Waals surface area contributed by atoms with Gasteiger partial charge < -0.3 is 25.3 Å². The smallest absolute Gasteiger partial charge is 0.256 e. The predicted octanol–water partition coefficient (Wildman–Crippen LogP) is 4.22. The van der Waals surface area contributed by atoms with E-state index in [-0.39, 0.29) is 29.8 Å². The largest absolute Gasteiger partial charge is 0.374 e. The molecular formula is C40H50F2N10O3. The van der Waals surface area contributed by atoms with E-state index in [4.69, 9.17) is 4.98 Å². The van der Waals surface area contributed by atoms with Crippen molar-refractivity contribution in [1.29, 1.82) is 0 Å². The van der Waals surface area contributed by atoms with Gasteiger partial charge in [-0.3, -0.25) is 24.6 Å². The number of hydrogen-bond donors (Lipinski definition) is 3. The van der Waals surface area contributed by atoms with Crippen LogP contribution in [0.25, 0.3) is 5.65 Å². The van der Waals surface area contributed by atoms with Gasteiger partial charge in [0.2, 0.25) is 11.8 Å². The molecule has 2 atom stereocenters. The Balaban J connectivity index is 0.784. The number of halogens is 2. The fraction of sp³-hybridized carbons (Fsp3) is 0.475. The van der Waals surface area contributed by atoms with Gasteiger partial charge in [-0.25, -0.2) is 18.3 Å². The SMILES string of the molecule is CN(CCCCCNC(=O)c1cnn2ccc(N3CCCC3c3cc(F)ccc3F)nc12)CCN1CCN(c2ccc(NC3CCC(=O)NC3=O)cc2)CC1. The molecule has 3 amide bonds. The van der Waals surface area contributed by atoms with E-state index < -0.39 is 11.6 Å². The van der Waals surface area contributed by atoms with E-state index in [2.05, 4.69) is 54.9 Å². The van der Waals surface area contributed by atoms with E-state index in [1.54, 1.807) is 16.8 Å². The fourth-order valence-corrected chi connectivity index (χ4v) is 7.75. The second kappa shape index (κ2) is 17.5. The van der Waals surface area contributed by atoms with Gasteiger partial charge >= 0.3 is 0 Å². The highest BCUT2D eigenvalue weighted by molar-refractivity contribution is 6.01. The Kier molecular flexibility index (Phi) is 12.2. The van der Waals surface area contributed by atoms with Gasteiger partial charge in [0, 0.05) is 81.9 Å². The monoisotopic (exact) mass is 756 g/mol. The second-order valence-electron chi connectivity index (χ2n) is 14.8. The minimum Gasteiger partial charge on any atom is -0.374 e. The van der Waals surface area contributed by atoms with Crippen molar-refractivity contribution in [3.8, 4) is 0 Å². The number of unbranched alkanes of at least 4 members (excludes halogenated alkanes) is 2. The van der Waals surface area contributed by atoms with Crippen molar-refractivity contribution >= 4 is 40.6 Å². The maximum atomic E-state index is 14.6. The number of nitrogens with one attached hydrogen (secondary N) is 3. The molecule has 13 nitrogen and oxygen atoms in total. The van der Waals surface area contributed by atoms with E-state index in [1.807, 2.05) is 17.0 Å². The van der Waals surface area contributed by atoms with Crippen LogP contribution in [0.1, 0.15) is 66.9 Å². The Morgan fingerprint density at radius 1 is 0.964 bits per heavy atom. The Labute approximate surface area is 320 Å². The van der Waals surface area contributed by atoms with Crippen molar-refractivity contribution < 1.29 is 23.2 Å². The number of anilines is 3. The Morgan fingerprint density at radius 3 is 2.58 bits per heavy atom. The summed E-state index contributed by atoms with van der Waals surface area (Å²) in [7, 11) is 2.16. The van der Waals surface area contributed by atoms with Crippen LogP contribution in [0.2, 0.25) is 0 Å². The fourth-order valence-electron chi connectivity index (χ4n) is 7.75. The second-order valence-corrected chi connectivity index (χ2v) is 14.8. The Bertz CT molecular complexity index is 1970. The van der Waals surface area contributed by atoms with Gasteiger partial charge in [0.25, 0.3) is 5.91 Å². The molecule has 2 aromatic heterocycles. The molecule has 5 heterocycles. The normalized spacial score (nSPS) is 19.3. The molecule has 3 aliphatic rings. The van der Waals surface area contributed by atoms with E-state index in [0.717, 1.165) is 89.3 Å². The number of aromatic nitrogens is 3. The number of carbonyl (C=O) groups is 3. The van der Waals surface area contributed by atoms with Crippen LogP contribution < -0.4 is 25.8 Å². The van der Waals surface area contributed by atoms with Crippen molar-refractivity contribution in [2.45, 2.75) is 57.0 Å². The zero-order valence-electron chi connectivity index (χ0n) is 31.4. The summed E-state index contributed by atoms with van der Waals surface area (Å²) >= 11 is 0. The molecule has 55 heavy (non-hydrogen) atoms. The van der Waals surface area contributed by atoms with Crippen LogP contribution in [0.3, 0.4) is 0 Å². The lowest BCUT2D eigenvalue weighted by Crippen LogP contribution is -2.48. The maximum Gasteiger partial charge on any atom is 0.256 e. The number of amides is 3. The standard InChI is InChI=1S/C40H50F2N10O3/c1-48(20-21-49-22-24-50(25-23-49)30-10-8-29(9-11-30)45-34-13-14-37(53)47-40(34)55)17-4-2-3-16-43-39(54)32-27-44-52-19-15-36(46-38(32)52)51-18-5-6-35(51)31-26-28(41)7-12-33(31)42/h7-12,15,19,26-27,34-35,45H,2-6,13-14,16-18,20-25H2,1H3,(H,43,54)(H,47,53,55). The summed E-state index contributed by atoms with van der Waals surface area (Å²) in [6.07, 6.45) is 8.53. The number of likely N-dealkylation sites (N-methyl/N-ethyl adjacent to an activating group) is 1. The third-order valence-corrected chi connectivity index (χ3v) is 10.9. The first-order valence-electron chi connectivity index (χ1n) is 19.4. The van der Waals surface area contributed by atoms with Gasteiger partial charge in [-0.1, -0.05) is 6.42 Å². The summed E-state index contributed by atoms with van der Waals surface area (Å²) in [4.78, 5) is 50.6. The van der Waals surface area contributed by atoms with Gasteiger partial charge in [-0.2, -0.15) is 5.10 Å². The first-order valence-corrected chi connectivity index (χ1v) is 19.4. The summed E-state index contributed by atoms with van der Waals surface area (Å²) in [6, 6.07) is 12.8. The van der Waals surface area contributed by atoms with Crippen molar-refractivity contribution in [2.24, 2.45) is 0 Å². The minimum absolute atomic E-state index is 0.213. The highest BCUT2D eigenvalue weighted by atomic mass is 19.1. The third kappa shape index (κ3) is 9.39. The molecule has 0 radical (unpaired) electrons.